The second-order valence-corrected chi connectivity index (χ2v) is 10.5. The summed E-state index contributed by atoms with van der Waals surface area (Å²) in [6, 6.07) is -0.248. The summed E-state index contributed by atoms with van der Waals surface area (Å²) in [5.74, 6) is 0.405. The lowest BCUT2D eigenvalue weighted by Gasteiger charge is -2.32. The molecule has 0 aromatic carbocycles. The van der Waals surface area contributed by atoms with E-state index < -0.39 is 6.17 Å². The van der Waals surface area contributed by atoms with Crippen LogP contribution in [0, 0.1) is 23.7 Å². The maximum Gasteiger partial charge on any atom is 0.222 e. The van der Waals surface area contributed by atoms with Crippen LogP contribution >= 0.6 is 0 Å². The van der Waals surface area contributed by atoms with E-state index in [2.05, 4.69) is 49.7 Å². The Kier molecular flexibility index (Phi) is 11.0. The van der Waals surface area contributed by atoms with Gasteiger partial charge < -0.3 is 5.73 Å². The monoisotopic (exact) mass is 505 g/mol. The number of alkyl halides is 1. The van der Waals surface area contributed by atoms with Gasteiger partial charge in [0.05, 0.1) is 17.7 Å². The van der Waals surface area contributed by atoms with Crippen molar-refractivity contribution in [3.8, 4) is 0 Å². The lowest BCUT2D eigenvalue weighted by Crippen LogP contribution is -2.40. The highest BCUT2D eigenvalue weighted by molar-refractivity contribution is 6.08. The van der Waals surface area contributed by atoms with Crippen LogP contribution in [0.4, 0.5) is 4.39 Å². The van der Waals surface area contributed by atoms with Gasteiger partial charge in [0.1, 0.15) is 0 Å². The molecular formula is C32H44FN3O. The van der Waals surface area contributed by atoms with Crippen molar-refractivity contribution in [2.45, 2.75) is 84.4 Å². The number of hydrogen-bond acceptors (Lipinski definition) is 3. The van der Waals surface area contributed by atoms with E-state index in [9.17, 15) is 9.18 Å². The molecule has 37 heavy (non-hydrogen) atoms. The molecule has 5 heteroatoms. The lowest BCUT2D eigenvalue weighted by molar-refractivity contribution is -0.124. The predicted octanol–water partition coefficient (Wildman–Crippen LogP) is 7.41. The Hall–Kier alpha value is -2.82. The van der Waals surface area contributed by atoms with Crippen molar-refractivity contribution in [3.05, 3.63) is 72.0 Å². The van der Waals surface area contributed by atoms with Gasteiger partial charge in [-0.25, -0.2) is 4.39 Å². The number of halogens is 1. The van der Waals surface area contributed by atoms with Crippen LogP contribution in [0.1, 0.15) is 72.1 Å². The molecule has 2 saturated carbocycles. The summed E-state index contributed by atoms with van der Waals surface area (Å²) in [5, 5.41) is 0. The third kappa shape index (κ3) is 7.59. The quantitative estimate of drug-likeness (QED) is 0.218. The van der Waals surface area contributed by atoms with Crippen molar-refractivity contribution < 1.29 is 9.18 Å². The van der Waals surface area contributed by atoms with Gasteiger partial charge in [-0.05, 0) is 93.8 Å². The minimum atomic E-state index is -1.38. The Morgan fingerprint density at radius 3 is 2.78 bits per heavy atom. The van der Waals surface area contributed by atoms with Crippen molar-refractivity contribution in [2.24, 2.45) is 39.4 Å². The van der Waals surface area contributed by atoms with Crippen LogP contribution in [0.25, 0.3) is 0 Å². The number of amides is 1. The van der Waals surface area contributed by atoms with E-state index in [1.807, 2.05) is 25.2 Å². The molecule has 3 rings (SSSR count). The standard InChI is InChI=1S/C32H44FN3O/c1-5-9-12-23(18-17-22(6-2)7-3)13-10-14-24-19-25-20-27(24)31(30(25)32(34)37)36-29-16-11-15-26(8-4)35-21-28(29)33/h5-6,9,11,15-18,21,24-25,27-28,30-31H,2,7-8,10,12-14,19-20H2,1,3-4H3,(H2,34,37)/b9-5?,16-11+,22-17?,23-18?,26-15+,35-21?,36-29?. The second-order valence-electron chi connectivity index (χ2n) is 10.5. The van der Waals surface area contributed by atoms with E-state index in [0.29, 0.717) is 11.6 Å². The summed E-state index contributed by atoms with van der Waals surface area (Å²) >= 11 is 0. The van der Waals surface area contributed by atoms with Gasteiger partial charge in [0.15, 0.2) is 6.17 Å². The first-order chi connectivity index (χ1) is 17.9. The SMILES string of the molecule is C=CC(=CC=C(CC=CC)CCCC1CC2CC1C(N=C1/C=C/C=C(\CC)N=CC1F)C2C(N)=O)CC. The highest BCUT2D eigenvalue weighted by Crippen LogP contribution is 2.54. The average molecular weight is 506 g/mol. The first-order valence-corrected chi connectivity index (χ1v) is 14.0. The fourth-order valence-electron chi connectivity index (χ4n) is 6.16. The molecule has 200 valence electrons. The number of rotatable bonds is 12. The zero-order chi connectivity index (χ0) is 26.8. The van der Waals surface area contributed by atoms with Crippen molar-refractivity contribution in [1.82, 2.24) is 0 Å². The van der Waals surface area contributed by atoms with E-state index in [0.717, 1.165) is 57.1 Å². The third-order valence-corrected chi connectivity index (χ3v) is 8.19. The summed E-state index contributed by atoms with van der Waals surface area (Å²) in [7, 11) is 0. The van der Waals surface area contributed by atoms with Crippen molar-refractivity contribution in [2.75, 3.05) is 0 Å². The number of fused-ring (bicyclic) bond motifs is 2. The maximum absolute atomic E-state index is 15.0. The number of hydrogen-bond donors (Lipinski definition) is 1. The van der Waals surface area contributed by atoms with Crippen molar-refractivity contribution in [3.63, 3.8) is 0 Å². The molecule has 0 radical (unpaired) electrons. The molecule has 6 atom stereocenters. The van der Waals surface area contributed by atoms with Gasteiger partial charge in [0, 0.05) is 11.9 Å². The Bertz CT molecular complexity index is 1030. The molecule has 0 aromatic heterocycles. The molecule has 0 saturated heterocycles. The van der Waals surface area contributed by atoms with E-state index in [-0.39, 0.29) is 29.7 Å². The summed E-state index contributed by atoms with van der Waals surface area (Å²) in [6.07, 6.45) is 23.9. The van der Waals surface area contributed by atoms with Crippen LogP contribution < -0.4 is 5.73 Å². The fraction of sp³-hybridized carbons (Fsp3) is 0.531. The molecule has 3 aliphatic rings. The zero-order valence-electron chi connectivity index (χ0n) is 22.8. The largest absolute Gasteiger partial charge is 0.369 e. The highest BCUT2D eigenvalue weighted by Gasteiger charge is 2.54. The predicted molar refractivity (Wildman–Crippen MR) is 154 cm³/mol. The van der Waals surface area contributed by atoms with Crippen LogP contribution in [0.15, 0.2) is 82.0 Å². The summed E-state index contributed by atoms with van der Waals surface area (Å²) in [6.45, 7) is 10.1. The fourth-order valence-corrected chi connectivity index (χ4v) is 6.16. The summed E-state index contributed by atoms with van der Waals surface area (Å²) in [4.78, 5) is 21.5. The number of nitrogens with two attached hydrogens (primary N) is 1. The van der Waals surface area contributed by atoms with Gasteiger partial charge in [0.2, 0.25) is 5.91 Å². The molecule has 1 heterocycles. The van der Waals surface area contributed by atoms with Crippen LogP contribution in [-0.4, -0.2) is 30.0 Å². The Morgan fingerprint density at radius 1 is 1.30 bits per heavy atom. The van der Waals surface area contributed by atoms with Crippen molar-refractivity contribution >= 4 is 17.8 Å². The minimum Gasteiger partial charge on any atom is -0.369 e. The number of carbonyl (C=O) groups is 1. The van der Waals surface area contributed by atoms with E-state index in [1.54, 1.807) is 6.08 Å². The highest BCUT2D eigenvalue weighted by atomic mass is 19.1. The Labute approximate surface area is 222 Å². The molecule has 0 aromatic rings. The first-order valence-electron chi connectivity index (χ1n) is 14.0. The van der Waals surface area contributed by atoms with Crippen LogP contribution in [0.3, 0.4) is 0 Å². The minimum absolute atomic E-state index is 0.248. The first kappa shape index (κ1) is 28.7. The molecule has 4 nitrogen and oxygen atoms in total. The molecular weight excluding hydrogens is 461 g/mol. The number of allylic oxidation sites excluding steroid dienone is 11. The molecule has 2 bridgehead atoms. The van der Waals surface area contributed by atoms with Gasteiger partial charge in [-0.2, -0.15) is 0 Å². The van der Waals surface area contributed by atoms with E-state index in [1.165, 1.54) is 17.4 Å². The normalized spacial score (nSPS) is 33.4. The zero-order valence-corrected chi connectivity index (χ0v) is 22.8. The lowest BCUT2D eigenvalue weighted by atomic mass is 9.76. The van der Waals surface area contributed by atoms with Gasteiger partial charge in [-0.3, -0.25) is 14.8 Å². The maximum atomic E-state index is 15.0. The average Bonchev–Trinajstić information content (AvgIpc) is 3.45. The molecule has 2 N–H and O–H groups in total. The molecule has 0 spiro atoms. The van der Waals surface area contributed by atoms with Crippen LogP contribution in [0.5, 0.6) is 0 Å². The van der Waals surface area contributed by atoms with Gasteiger partial charge in [-0.1, -0.05) is 62.5 Å². The van der Waals surface area contributed by atoms with Gasteiger partial charge in [-0.15, -0.1) is 0 Å². The molecule has 2 aliphatic carbocycles. The smallest absolute Gasteiger partial charge is 0.222 e. The van der Waals surface area contributed by atoms with Crippen LogP contribution in [-0.2, 0) is 4.79 Å². The number of nitrogens with zero attached hydrogens (tertiary/aromatic N) is 2. The van der Waals surface area contributed by atoms with Gasteiger partial charge in [0.25, 0.3) is 0 Å². The summed E-state index contributed by atoms with van der Waals surface area (Å²) in [5.41, 5.74) is 9.67. The third-order valence-electron chi connectivity index (χ3n) is 8.19. The van der Waals surface area contributed by atoms with Crippen LogP contribution in [0.2, 0.25) is 0 Å². The topological polar surface area (TPSA) is 67.8 Å². The Morgan fingerprint density at radius 2 is 2.11 bits per heavy atom. The second kappa shape index (κ2) is 14.2. The molecule has 6 unspecified atom stereocenters. The molecule has 1 amide bonds. The number of primary amides is 1. The number of carbonyl (C=O) groups excluding carboxylic acids is 1. The summed E-state index contributed by atoms with van der Waals surface area (Å²) < 4.78 is 15.0. The Balaban J connectivity index is 1.72. The number of aliphatic imine (C=N–C) groups is 2. The van der Waals surface area contributed by atoms with E-state index >= 15 is 0 Å². The van der Waals surface area contributed by atoms with E-state index in [4.69, 9.17) is 10.7 Å². The molecule has 2 fully saturated rings. The van der Waals surface area contributed by atoms with Gasteiger partial charge >= 0.3 is 0 Å². The van der Waals surface area contributed by atoms with Crippen molar-refractivity contribution in [1.29, 1.82) is 0 Å². The molecule has 1 aliphatic heterocycles.